The maximum atomic E-state index is 10.1. The molecule has 84 valence electrons. The fourth-order valence-corrected chi connectivity index (χ4v) is 1.60. The first-order valence-corrected chi connectivity index (χ1v) is 5.26. The van der Waals surface area contributed by atoms with Crippen LogP contribution in [-0.2, 0) is 0 Å². The van der Waals surface area contributed by atoms with Crippen LogP contribution in [0.1, 0.15) is 38.5 Å². The topological polar surface area (TPSA) is 55.2 Å². The third kappa shape index (κ3) is 2.89. The van der Waals surface area contributed by atoms with Crippen LogP contribution in [-0.4, -0.2) is 22.2 Å². The average Bonchev–Trinajstić information content (AvgIpc) is 2.30. The predicted octanol–water partition coefficient (Wildman–Crippen LogP) is 1.95. The molecule has 1 unspecified atom stereocenters. The van der Waals surface area contributed by atoms with E-state index in [1.165, 1.54) is 6.33 Å². The highest BCUT2D eigenvalue weighted by Crippen LogP contribution is 2.26. The number of nitrogens with zero attached hydrogens (tertiary/aromatic N) is 2. The van der Waals surface area contributed by atoms with E-state index in [0.717, 1.165) is 12.8 Å². The minimum atomic E-state index is -0.531. The minimum absolute atomic E-state index is 0.240. The zero-order valence-electron chi connectivity index (χ0n) is 9.47. The summed E-state index contributed by atoms with van der Waals surface area (Å²) in [6, 6.07) is 1.68. The first-order valence-electron chi connectivity index (χ1n) is 5.26. The van der Waals surface area contributed by atoms with Crippen molar-refractivity contribution in [3.05, 3.63) is 18.1 Å². The lowest BCUT2D eigenvalue weighted by Gasteiger charge is -2.19. The van der Waals surface area contributed by atoms with Gasteiger partial charge in [-0.25, -0.2) is 9.97 Å². The number of hydrogen-bond acceptors (Lipinski definition) is 4. The molecule has 1 aromatic rings. The highest BCUT2D eigenvalue weighted by Gasteiger charge is 2.19. The van der Waals surface area contributed by atoms with Crippen molar-refractivity contribution < 1.29 is 9.84 Å². The molecule has 1 heterocycles. The lowest BCUT2D eigenvalue weighted by atomic mass is 9.94. The monoisotopic (exact) mass is 210 g/mol. The molecule has 1 rings (SSSR count). The molecule has 0 aliphatic heterocycles. The van der Waals surface area contributed by atoms with Crippen molar-refractivity contribution in [1.29, 1.82) is 0 Å². The third-order valence-electron chi connectivity index (χ3n) is 2.67. The molecule has 0 amide bonds. The number of aromatic nitrogens is 2. The summed E-state index contributed by atoms with van der Waals surface area (Å²) in [6.45, 7) is 4.13. The van der Waals surface area contributed by atoms with E-state index in [-0.39, 0.29) is 5.92 Å². The van der Waals surface area contributed by atoms with Crippen LogP contribution >= 0.6 is 0 Å². The highest BCUT2D eigenvalue weighted by atomic mass is 16.5. The van der Waals surface area contributed by atoms with E-state index in [1.807, 2.05) is 0 Å². The lowest BCUT2D eigenvalue weighted by molar-refractivity contribution is 0.0986. The van der Waals surface area contributed by atoms with Gasteiger partial charge < -0.3 is 9.84 Å². The molecule has 0 aromatic carbocycles. The van der Waals surface area contributed by atoms with Gasteiger partial charge in [-0.15, -0.1) is 0 Å². The van der Waals surface area contributed by atoms with Gasteiger partial charge in [-0.3, -0.25) is 0 Å². The fourth-order valence-electron chi connectivity index (χ4n) is 1.60. The number of methoxy groups -OCH3 is 1. The molecule has 0 aliphatic rings. The van der Waals surface area contributed by atoms with Crippen molar-refractivity contribution in [3.8, 4) is 5.88 Å². The lowest BCUT2D eigenvalue weighted by Crippen LogP contribution is -2.12. The SMILES string of the molecule is CCC(CC)C(O)c1cc(OC)ncn1. The Bertz CT molecular complexity index is 300. The van der Waals surface area contributed by atoms with Crippen LogP contribution in [0.25, 0.3) is 0 Å². The van der Waals surface area contributed by atoms with Gasteiger partial charge in [0, 0.05) is 6.07 Å². The van der Waals surface area contributed by atoms with Crippen molar-refractivity contribution in [2.24, 2.45) is 5.92 Å². The van der Waals surface area contributed by atoms with Crippen LogP contribution in [0.5, 0.6) is 5.88 Å². The van der Waals surface area contributed by atoms with Crippen LogP contribution < -0.4 is 4.74 Å². The van der Waals surface area contributed by atoms with Gasteiger partial charge >= 0.3 is 0 Å². The second kappa shape index (κ2) is 5.66. The number of rotatable bonds is 5. The molecule has 0 radical (unpaired) electrons. The molecule has 0 bridgehead atoms. The molecule has 1 atom stereocenters. The van der Waals surface area contributed by atoms with Gasteiger partial charge in [-0.05, 0) is 5.92 Å². The van der Waals surface area contributed by atoms with Crippen LogP contribution in [0.2, 0.25) is 0 Å². The van der Waals surface area contributed by atoms with E-state index in [9.17, 15) is 5.11 Å². The number of ether oxygens (including phenoxy) is 1. The number of aliphatic hydroxyl groups excluding tert-OH is 1. The molecule has 0 fully saturated rings. The largest absolute Gasteiger partial charge is 0.481 e. The van der Waals surface area contributed by atoms with Gasteiger partial charge in [0.1, 0.15) is 6.33 Å². The average molecular weight is 210 g/mol. The quantitative estimate of drug-likeness (QED) is 0.807. The zero-order chi connectivity index (χ0) is 11.3. The predicted molar refractivity (Wildman–Crippen MR) is 57.6 cm³/mol. The summed E-state index contributed by atoms with van der Waals surface area (Å²) in [6.07, 6.45) is 2.75. The summed E-state index contributed by atoms with van der Waals surface area (Å²) in [5.41, 5.74) is 0.635. The Labute approximate surface area is 90.3 Å². The van der Waals surface area contributed by atoms with Gasteiger partial charge in [0.25, 0.3) is 0 Å². The van der Waals surface area contributed by atoms with E-state index in [2.05, 4.69) is 23.8 Å². The molecule has 0 spiro atoms. The van der Waals surface area contributed by atoms with Crippen molar-refractivity contribution in [3.63, 3.8) is 0 Å². The Kier molecular flexibility index (Phi) is 4.49. The fraction of sp³-hybridized carbons (Fsp3) is 0.636. The Morgan fingerprint density at radius 2 is 2.00 bits per heavy atom. The molecule has 4 heteroatoms. The molecule has 0 aliphatic carbocycles. The summed E-state index contributed by atoms with van der Waals surface area (Å²) < 4.78 is 4.99. The van der Waals surface area contributed by atoms with E-state index in [1.54, 1.807) is 13.2 Å². The van der Waals surface area contributed by atoms with Crippen molar-refractivity contribution in [2.45, 2.75) is 32.8 Å². The minimum Gasteiger partial charge on any atom is -0.481 e. The summed E-state index contributed by atoms with van der Waals surface area (Å²) in [5, 5.41) is 10.1. The van der Waals surface area contributed by atoms with Crippen LogP contribution in [0.3, 0.4) is 0 Å². The van der Waals surface area contributed by atoms with Gasteiger partial charge in [-0.1, -0.05) is 26.7 Å². The molecular weight excluding hydrogens is 192 g/mol. The Morgan fingerprint density at radius 1 is 1.33 bits per heavy atom. The number of hydrogen-bond donors (Lipinski definition) is 1. The first kappa shape index (κ1) is 11.9. The summed E-state index contributed by atoms with van der Waals surface area (Å²) in [5.74, 6) is 0.731. The van der Waals surface area contributed by atoms with Gasteiger partial charge in [0.2, 0.25) is 5.88 Å². The molecule has 0 saturated carbocycles. The normalized spacial score (nSPS) is 12.9. The second-order valence-corrected chi connectivity index (χ2v) is 3.51. The molecule has 4 nitrogen and oxygen atoms in total. The Balaban J connectivity index is 2.84. The molecule has 1 N–H and O–H groups in total. The zero-order valence-corrected chi connectivity index (χ0v) is 9.47. The van der Waals surface area contributed by atoms with Gasteiger partial charge in [0.05, 0.1) is 18.9 Å². The van der Waals surface area contributed by atoms with Crippen LogP contribution in [0.4, 0.5) is 0 Å². The number of aliphatic hydroxyl groups is 1. The maximum absolute atomic E-state index is 10.1. The van der Waals surface area contributed by atoms with Crippen molar-refractivity contribution >= 4 is 0 Å². The summed E-state index contributed by atoms with van der Waals surface area (Å²) in [4.78, 5) is 7.97. The molecule has 15 heavy (non-hydrogen) atoms. The Morgan fingerprint density at radius 3 is 2.53 bits per heavy atom. The highest BCUT2D eigenvalue weighted by molar-refractivity contribution is 5.15. The maximum Gasteiger partial charge on any atom is 0.216 e. The Hall–Kier alpha value is -1.16. The van der Waals surface area contributed by atoms with Gasteiger partial charge in [-0.2, -0.15) is 0 Å². The summed E-state index contributed by atoms with van der Waals surface area (Å²) >= 11 is 0. The smallest absolute Gasteiger partial charge is 0.216 e. The van der Waals surface area contributed by atoms with E-state index < -0.39 is 6.10 Å². The van der Waals surface area contributed by atoms with E-state index >= 15 is 0 Å². The van der Waals surface area contributed by atoms with E-state index in [0.29, 0.717) is 11.6 Å². The molecule has 1 aromatic heterocycles. The second-order valence-electron chi connectivity index (χ2n) is 3.51. The van der Waals surface area contributed by atoms with Crippen LogP contribution in [0.15, 0.2) is 12.4 Å². The first-order chi connectivity index (χ1) is 7.22. The standard InChI is InChI=1S/C11H18N2O2/c1-4-8(5-2)11(14)9-6-10(15-3)13-7-12-9/h6-8,11,14H,4-5H2,1-3H3. The van der Waals surface area contributed by atoms with Crippen molar-refractivity contribution in [1.82, 2.24) is 9.97 Å². The summed E-state index contributed by atoms with van der Waals surface area (Å²) in [7, 11) is 1.55. The molecular formula is C11H18N2O2. The van der Waals surface area contributed by atoms with Crippen molar-refractivity contribution in [2.75, 3.05) is 7.11 Å². The molecule has 0 saturated heterocycles. The van der Waals surface area contributed by atoms with Crippen LogP contribution in [0, 0.1) is 5.92 Å². The van der Waals surface area contributed by atoms with E-state index in [4.69, 9.17) is 4.74 Å². The third-order valence-corrected chi connectivity index (χ3v) is 2.67. The van der Waals surface area contributed by atoms with Gasteiger partial charge in [0.15, 0.2) is 0 Å².